The molecule has 1 aromatic heterocycles. The van der Waals surface area contributed by atoms with Gasteiger partial charge >= 0.3 is 0 Å². The van der Waals surface area contributed by atoms with Crippen LogP contribution in [0.25, 0.3) is 11.3 Å². The van der Waals surface area contributed by atoms with Gasteiger partial charge in [0.1, 0.15) is 6.73 Å². The molecule has 0 saturated carbocycles. The third-order valence-corrected chi connectivity index (χ3v) is 2.29. The molecule has 2 aromatic rings. The molecule has 0 N–H and O–H groups in total. The SMILES string of the molecule is COCn1ncc(C=O)c1-c1ccccc1. The van der Waals surface area contributed by atoms with E-state index in [1.165, 1.54) is 0 Å². The van der Waals surface area contributed by atoms with E-state index in [4.69, 9.17) is 4.74 Å². The molecule has 0 fully saturated rings. The van der Waals surface area contributed by atoms with Crippen LogP contribution in [-0.4, -0.2) is 23.2 Å². The van der Waals surface area contributed by atoms with E-state index in [1.54, 1.807) is 18.0 Å². The Balaban J connectivity index is 2.52. The normalized spacial score (nSPS) is 10.3. The van der Waals surface area contributed by atoms with Gasteiger partial charge in [-0.3, -0.25) is 4.79 Å². The summed E-state index contributed by atoms with van der Waals surface area (Å²) >= 11 is 0. The van der Waals surface area contributed by atoms with Gasteiger partial charge in [0.25, 0.3) is 0 Å². The first-order valence-electron chi connectivity index (χ1n) is 4.92. The van der Waals surface area contributed by atoms with Crippen LogP contribution in [0.2, 0.25) is 0 Å². The first-order chi connectivity index (χ1) is 7.86. The van der Waals surface area contributed by atoms with E-state index >= 15 is 0 Å². The van der Waals surface area contributed by atoms with Crippen LogP contribution in [0.5, 0.6) is 0 Å². The first-order valence-corrected chi connectivity index (χ1v) is 4.92. The lowest BCUT2D eigenvalue weighted by Gasteiger charge is -2.06. The molecule has 4 nitrogen and oxygen atoms in total. The lowest BCUT2D eigenvalue weighted by molar-refractivity contribution is 0.112. The molecule has 0 unspecified atom stereocenters. The molecule has 0 bridgehead atoms. The van der Waals surface area contributed by atoms with Crippen molar-refractivity contribution >= 4 is 6.29 Å². The van der Waals surface area contributed by atoms with Gasteiger partial charge in [0, 0.05) is 12.7 Å². The Labute approximate surface area is 93.5 Å². The van der Waals surface area contributed by atoms with Crippen molar-refractivity contribution in [3.8, 4) is 11.3 Å². The molecule has 16 heavy (non-hydrogen) atoms. The zero-order chi connectivity index (χ0) is 11.4. The number of rotatable bonds is 4. The summed E-state index contributed by atoms with van der Waals surface area (Å²) in [6.07, 6.45) is 2.36. The van der Waals surface area contributed by atoms with Crippen LogP contribution in [-0.2, 0) is 11.5 Å². The molecule has 0 aliphatic carbocycles. The average Bonchev–Trinajstić information content (AvgIpc) is 2.74. The Kier molecular flexibility index (Phi) is 3.12. The monoisotopic (exact) mass is 216 g/mol. The highest BCUT2D eigenvalue weighted by molar-refractivity contribution is 5.85. The molecule has 82 valence electrons. The number of hydrogen-bond acceptors (Lipinski definition) is 3. The third kappa shape index (κ3) is 1.87. The number of nitrogens with zero attached hydrogens (tertiary/aromatic N) is 2. The maximum absolute atomic E-state index is 10.9. The minimum absolute atomic E-state index is 0.331. The minimum Gasteiger partial charge on any atom is -0.362 e. The van der Waals surface area contributed by atoms with Crippen LogP contribution in [0.3, 0.4) is 0 Å². The summed E-state index contributed by atoms with van der Waals surface area (Å²) in [7, 11) is 1.59. The molecule has 0 radical (unpaired) electrons. The van der Waals surface area contributed by atoms with Crippen LogP contribution < -0.4 is 0 Å². The Morgan fingerprint density at radius 2 is 2.12 bits per heavy atom. The molecule has 0 spiro atoms. The summed E-state index contributed by atoms with van der Waals surface area (Å²) in [5.41, 5.74) is 2.32. The van der Waals surface area contributed by atoms with Gasteiger partial charge in [0.2, 0.25) is 0 Å². The van der Waals surface area contributed by atoms with Gasteiger partial charge in [-0.2, -0.15) is 5.10 Å². The van der Waals surface area contributed by atoms with Crippen LogP contribution in [0.4, 0.5) is 0 Å². The zero-order valence-electron chi connectivity index (χ0n) is 8.96. The summed E-state index contributed by atoms with van der Waals surface area (Å²) in [5.74, 6) is 0. The second kappa shape index (κ2) is 4.72. The van der Waals surface area contributed by atoms with E-state index in [0.29, 0.717) is 12.3 Å². The molecule has 1 aromatic carbocycles. The van der Waals surface area contributed by atoms with Gasteiger partial charge in [-0.1, -0.05) is 30.3 Å². The quantitative estimate of drug-likeness (QED) is 0.734. The molecule has 1 heterocycles. The predicted molar refractivity (Wildman–Crippen MR) is 60.1 cm³/mol. The van der Waals surface area contributed by atoms with Gasteiger partial charge in [-0.25, -0.2) is 4.68 Å². The minimum atomic E-state index is 0.331. The molecule has 4 heteroatoms. The summed E-state index contributed by atoms with van der Waals surface area (Å²) in [5, 5.41) is 4.11. The molecule has 0 aliphatic heterocycles. The van der Waals surface area contributed by atoms with Gasteiger partial charge in [-0.05, 0) is 0 Å². The van der Waals surface area contributed by atoms with Crippen molar-refractivity contribution in [2.24, 2.45) is 0 Å². The van der Waals surface area contributed by atoms with Crippen LogP contribution in [0.1, 0.15) is 10.4 Å². The molecule has 0 aliphatic rings. The van der Waals surface area contributed by atoms with Crippen molar-refractivity contribution in [1.29, 1.82) is 0 Å². The van der Waals surface area contributed by atoms with Crippen molar-refractivity contribution < 1.29 is 9.53 Å². The fourth-order valence-electron chi connectivity index (χ4n) is 1.62. The lowest BCUT2D eigenvalue weighted by atomic mass is 10.1. The van der Waals surface area contributed by atoms with Gasteiger partial charge in [0.15, 0.2) is 6.29 Å². The third-order valence-electron chi connectivity index (χ3n) is 2.29. The molecular weight excluding hydrogens is 204 g/mol. The van der Waals surface area contributed by atoms with E-state index in [0.717, 1.165) is 17.5 Å². The Hall–Kier alpha value is -1.94. The highest BCUT2D eigenvalue weighted by atomic mass is 16.5. The first kappa shape index (κ1) is 10.6. The Morgan fingerprint density at radius 1 is 1.38 bits per heavy atom. The average molecular weight is 216 g/mol. The van der Waals surface area contributed by atoms with Crippen molar-refractivity contribution in [2.75, 3.05) is 7.11 Å². The van der Waals surface area contributed by atoms with Gasteiger partial charge in [-0.15, -0.1) is 0 Å². The van der Waals surface area contributed by atoms with Crippen molar-refractivity contribution in [2.45, 2.75) is 6.73 Å². The van der Waals surface area contributed by atoms with E-state index in [-0.39, 0.29) is 0 Å². The van der Waals surface area contributed by atoms with E-state index in [2.05, 4.69) is 5.10 Å². The van der Waals surface area contributed by atoms with Crippen molar-refractivity contribution in [3.05, 3.63) is 42.1 Å². The summed E-state index contributed by atoms with van der Waals surface area (Å²) in [4.78, 5) is 10.9. The van der Waals surface area contributed by atoms with Crippen molar-refractivity contribution in [3.63, 3.8) is 0 Å². The zero-order valence-corrected chi connectivity index (χ0v) is 8.96. The predicted octanol–water partition coefficient (Wildman–Crippen LogP) is 1.97. The molecule has 2 rings (SSSR count). The number of ether oxygens (including phenoxy) is 1. The molecule has 0 amide bonds. The number of aldehydes is 1. The van der Waals surface area contributed by atoms with E-state index < -0.39 is 0 Å². The summed E-state index contributed by atoms with van der Waals surface area (Å²) in [6, 6.07) is 9.66. The van der Waals surface area contributed by atoms with E-state index in [1.807, 2.05) is 30.3 Å². The summed E-state index contributed by atoms with van der Waals surface area (Å²) in [6.45, 7) is 0.331. The molecular formula is C12H12N2O2. The molecule has 0 saturated heterocycles. The number of methoxy groups -OCH3 is 1. The fraction of sp³-hybridized carbons (Fsp3) is 0.167. The number of carbonyl (C=O) groups is 1. The Bertz CT molecular complexity index is 477. The largest absolute Gasteiger partial charge is 0.362 e. The van der Waals surface area contributed by atoms with Crippen LogP contribution >= 0.6 is 0 Å². The number of hydrogen-bond donors (Lipinski definition) is 0. The van der Waals surface area contributed by atoms with Crippen LogP contribution in [0, 0.1) is 0 Å². The topological polar surface area (TPSA) is 44.1 Å². The highest BCUT2D eigenvalue weighted by Crippen LogP contribution is 2.22. The number of carbonyl (C=O) groups excluding carboxylic acids is 1. The van der Waals surface area contributed by atoms with E-state index in [9.17, 15) is 4.79 Å². The van der Waals surface area contributed by atoms with Crippen molar-refractivity contribution in [1.82, 2.24) is 9.78 Å². The number of benzene rings is 1. The fourth-order valence-corrected chi connectivity index (χ4v) is 1.62. The Morgan fingerprint density at radius 3 is 2.75 bits per heavy atom. The maximum Gasteiger partial charge on any atom is 0.153 e. The number of aromatic nitrogens is 2. The van der Waals surface area contributed by atoms with Gasteiger partial charge in [0.05, 0.1) is 17.5 Å². The second-order valence-corrected chi connectivity index (χ2v) is 3.35. The highest BCUT2D eigenvalue weighted by Gasteiger charge is 2.11. The standard InChI is InChI=1S/C12H12N2O2/c1-16-9-14-12(11(8-15)7-13-14)10-5-3-2-4-6-10/h2-8H,9H2,1H3. The van der Waals surface area contributed by atoms with Crippen LogP contribution in [0.15, 0.2) is 36.5 Å². The second-order valence-electron chi connectivity index (χ2n) is 3.35. The smallest absolute Gasteiger partial charge is 0.153 e. The summed E-state index contributed by atoms with van der Waals surface area (Å²) < 4.78 is 6.70. The lowest BCUT2D eigenvalue weighted by Crippen LogP contribution is -2.04. The van der Waals surface area contributed by atoms with Gasteiger partial charge < -0.3 is 4.74 Å². The maximum atomic E-state index is 10.9. The molecule has 0 atom stereocenters.